The van der Waals surface area contributed by atoms with Crippen LogP contribution in [0.3, 0.4) is 0 Å². The third kappa shape index (κ3) is 6.31. The number of benzene rings is 1. The highest BCUT2D eigenvalue weighted by molar-refractivity contribution is 7.89. The minimum Gasteiger partial charge on any atom is -0.455 e. The molecule has 0 heterocycles. The molecule has 8 heteroatoms. The van der Waals surface area contributed by atoms with E-state index < -0.39 is 15.9 Å². The number of amides is 1. The van der Waals surface area contributed by atoms with Crippen LogP contribution in [0.15, 0.2) is 29.2 Å². The van der Waals surface area contributed by atoms with Crippen LogP contribution in [0.4, 0.5) is 5.69 Å². The number of esters is 1. The van der Waals surface area contributed by atoms with Gasteiger partial charge in [0.15, 0.2) is 6.61 Å². The van der Waals surface area contributed by atoms with E-state index in [0.717, 1.165) is 44.9 Å². The van der Waals surface area contributed by atoms with Crippen LogP contribution in [-0.2, 0) is 24.3 Å². The summed E-state index contributed by atoms with van der Waals surface area (Å²) in [7, 11) is -1.98. The summed E-state index contributed by atoms with van der Waals surface area (Å²) in [5.74, 6) is -0.859. The second-order valence-corrected chi connectivity index (χ2v) is 9.24. The number of ether oxygens (including phenoxy) is 1. The van der Waals surface area contributed by atoms with E-state index in [0.29, 0.717) is 12.2 Å². The zero-order valence-corrected chi connectivity index (χ0v) is 17.5. The van der Waals surface area contributed by atoms with E-state index in [4.69, 9.17) is 4.74 Å². The molecule has 28 heavy (non-hydrogen) atoms. The van der Waals surface area contributed by atoms with Crippen molar-refractivity contribution in [2.75, 3.05) is 25.5 Å². The van der Waals surface area contributed by atoms with E-state index in [1.807, 2.05) is 6.92 Å². The van der Waals surface area contributed by atoms with Crippen molar-refractivity contribution in [3.05, 3.63) is 24.3 Å². The van der Waals surface area contributed by atoms with Gasteiger partial charge in [0, 0.05) is 19.3 Å². The second kappa shape index (κ2) is 10.6. The third-order valence-corrected chi connectivity index (χ3v) is 6.83. The van der Waals surface area contributed by atoms with Gasteiger partial charge in [-0.25, -0.2) is 12.7 Å². The number of hydrogen-bond donors (Lipinski definition) is 1. The van der Waals surface area contributed by atoms with Gasteiger partial charge in [-0.1, -0.05) is 32.6 Å². The van der Waals surface area contributed by atoms with Crippen LogP contribution < -0.4 is 5.32 Å². The molecule has 1 aromatic carbocycles. The molecule has 0 saturated heterocycles. The Kier molecular flexibility index (Phi) is 8.44. The summed E-state index contributed by atoms with van der Waals surface area (Å²) in [5.41, 5.74) is 0.453. The molecule has 1 aliphatic rings. The van der Waals surface area contributed by atoms with Crippen molar-refractivity contribution in [3.63, 3.8) is 0 Å². The predicted molar refractivity (Wildman–Crippen MR) is 107 cm³/mol. The number of rotatable bonds is 9. The van der Waals surface area contributed by atoms with Crippen LogP contribution in [0.2, 0.25) is 0 Å². The SMILES string of the molecule is CCCCN(C)S(=O)(=O)c1ccc(NC(=O)COC(=O)C2CCCCC2)cc1. The molecule has 0 aliphatic heterocycles. The van der Waals surface area contributed by atoms with Crippen LogP contribution in [-0.4, -0.2) is 44.8 Å². The van der Waals surface area contributed by atoms with Crippen LogP contribution in [0, 0.1) is 5.92 Å². The summed E-state index contributed by atoms with van der Waals surface area (Å²) in [6.45, 7) is 2.13. The third-order valence-electron chi connectivity index (χ3n) is 4.96. The van der Waals surface area contributed by atoms with E-state index in [-0.39, 0.29) is 23.4 Å². The Bertz CT molecular complexity index is 755. The number of hydrogen-bond acceptors (Lipinski definition) is 5. The first kappa shape index (κ1) is 22.4. The van der Waals surface area contributed by atoms with E-state index in [1.165, 1.54) is 28.6 Å². The monoisotopic (exact) mass is 410 g/mol. The lowest BCUT2D eigenvalue weighted by molar-refractivity contribution is -0.152. The van der Waals surface area contributed by atoms with Gasteiger partial charge in [0.2, 0.25) is 10.0 Å². The zero-order chi connectivity index (χ0) is 20.6. The van der Waals surface area contributed by atoms with Gasteiger partial charge in [-0.15, -0.1) is 0 Å². The smallest absolute Gasteiger partial charge is 0.309 e. The molecule has 0 radical (unpaired) electrons. The average molecular weight is 411 g/mol. The van der Waals surface area contributed by atoms with Crippen molar-refractivity contribution >= 4 is 27.6 Å². The molecule has 1 aromatic rings. The molecule has 1 aliphatic carbocycles. The first-order valence-corrected chi connectivity index (χ1v) is 11.3. The maximum atomic E-state index is 12.5. The minimum absolute atomic E-state index is 0.101. The maximum absolute atomic E-state index is 12.5. The van der Waals surface area contributed by atoms with E-state index in [9.17, 15) is 18.0 Å². The number of anilines is 1. The molecular formula is C20H30N2O5S. The zero-order valence-electron chi connectivity index (χ0n) is 16.6. The number of unbranched alkanes of at least 4 members (excludes halogenated alkanes) is 1. The Labute approximate surface area is 167 Å². The molecule has 0 aromatic heterocycles. The quantitative estimate of drug-likeness (QED) is 0.631. The fourth-order valence-corrected chi connectivity index (χ4v) is 4.39. The predicted octanol–water partition coefficient (Wildman–Crippen LogP) is 3.17. The first-order chi connectivity index (χ1) is 13.3. The fraction of sp³-hybridized carbons (Fsp3) is 0.600. The maximum Gasteiger partial charge on any atom is 0.309 e. The number of nitrogens with one attached hydrogen (secondary N) is 1. The van der Waals surface area contributed by atoms with Crippen molar-refractivity contribution in [2.45, 2.75) is 56.8 Å². The van der Waals surface area contributed by atoms with Gasteiger partial charge in [0.1, 0.15) is 0 Å². The average Bonchev–Trinajstić information content (AvgIpc) is 2.71. The van der Waals surface area contributed by atoms with Crippen molar-refractivity contribution in [2.24, 2.45) is 5.92 Å². The Hall–Kier alpha value is -1.93. The number of nitrogens with zero attached hydrogens (tertiary/aromatic N) is 1. The molecular weight excluding hydrogens is 380 g/mol. The number of carbonyl (C=O) groups excluding carboxylic acids is 2. The molecule has 156 valence electrons. The summed E-state index contributed by atoms with van der Waals surface area (Å²) in [5, 5.41) is 2.62. The molecule has 1 saturated carbocycles. The highest BCUT2D eigenvalue weighted by Crippen LogP contribution is 2.24. The molecule has 7 nitrogen and oxygen atoms in total. The lowest BCUT2D eigenvalue weighted by Crippen LogP contribution is -2.28. The summed E-state index contributed by atoms with van der Waals surface area (Å²) in [4.78, 5) is 24.1. The summed E-state index contributed by atoms with van der Waals surface area (Å²) < 4.78 is 31.4. The van der Waals surface area contributed by atoms with Crippen LogP contribution in [0.25, 0.3) is 0 Å². The van der Waals surface area contributed by atoms with Gasteiger partial charge in [-0.3, -0.25) is 9.59 Å². The molecule has 1 fully saturated rings. The van der Waals surface area contributed by atoms with Gasteiger partial charge in [0.25, 0.3) is 5.91 Å². The molecule has 0 unspecified atom stereocenters. The molecule has 0 atom stereocenters. The largest absolute Gasteiger partial charge is 0.455 e. The topological polar surface area (TPSA) is 92.8 Å². The second-order valence-electron chi connectivity index (χ2n) is 7.20. The fourth-order valence-electron chi connectivity index (χ4n) is 3.18. The molecule has 0 spiro atoms. The standard InChI is InChI=1S/C20H30N2O5S/c1-3-4-14-22(2)28(25,26)18-12-10-17(11-13-18)21-19(23)15-27-20(24)16-8-6-5-7-9-16/h10-13,16H,3-9,14-15H2,1-2H3,(H,21,23). The first-order valence-electron chi connectivity index (χ1n) is 9.87. The van der Waals surface area contributed by atoms with Gasteiger partial charge in [-0.2, -0.15) is 0 Å². The molecule has 0 bridgehead atoms. The van der Waals surface area contributed by atoms with Crippen LogP contribution >= 0.6 is 0 Å². The Balaban J connectivity index is 1.85. The van der Waals surface area contributed by atoms with Gasteiger partial charge in [0.05, 0.1) is 10.8 Å². The van der Waals surface area contributed by atoms with E-state index >= 15 is 0 Å². The summed E-state index contributed by atoms with van der Waals surface area (Å²) in [6.07, 6.45) is 6.54. The van der Waals surface area contributed by atoms with E-state index in [2.05, 4.69) is 5.32 Å². The minimum atomic E-state index is -3.54. The normalized spacial score (nSPS) is 15.4. The highest BCUT2D eigenvalue weighted by Gasteiger charge is 2.23. The van der Waals surface area contributed by atoms with E-state index in [1.54, 1.807) is 7.05 Å². The molecule has 2 rings (SSSR count). The lowest BCUT2D eigenvalue weighted by Gasteiger charge is -2.19. The highest BCUT2D eigenvalue weighted by atomic mass is 32.2. The van der Waals surface area contributed by atoms with Crippen molar-refractivity contribution in [3.8, 4) is 0 Å². The van der Waals surface area contributed by atoms with Gasteiger partial charge < -0.3 is 10.1 Å². The van der Waals surface area contributed by atoms with Crippen molar-refractivity contribution < 1.29 is 22.7 Å². The summed E-state index contributed by atoms with van der Waals surface area (Å²) >= 11 is 0. The Morgan fingerprint density at radius 3 is 2.39 bits per heavy atom. The van der Waals surface area contributed by atoms with Gasteiger partial charge in [-0.05, 0) is 43.5 Å². The molecule has 1 N–H and O–H groups in total. The molecule has 1 amide bonds. The lowest BCUT2D eigenvalue weighted by atomic mass is 9.89. The van der Waals surface area contributed by atoms with Crippen molar-refractivity contribution in [1.82, 2.24) is 4.31 Å². The Morgan fingerprint density at radius 1 is 1.14 bits per heavy atom. The van der Waals surface area contributed by atoms with Crippen LogP contribution in [0.5, 0.6) is 0 Å². The van der Waals surface area contributed by atoms with Crippen molar-refractivity contribution in [1.29, 1.82) is 0 Å². The number of sulfonamides is 1. The van der Waals surface area contributed by atoms with Crippen LogP contribution in [0.1, 0.15) is 51.9 Å². The summed E-state index contributed by atoms with van der Waals surface area (Å²) in [6, 6.07) is 5.98. The van der Waals surface area contributed by atoms with Gasteiger partial charge >= 0.3 is 5.97 Å². The Morgan fingerprint density at radius 2 is 1.79 bits per heavy atom. The number of carbonyl (C=O) groups is 2.